The number of hydrogen-bond donors (Lipinski definition) is 2. The van der Waals surface area contributed by atoms with Crippen LogP contribution in [-0.4, -0.2) is 44.6 Å². The average molecular weight is 782 g/mol. The first-order valence-corrected chi connectivity index (χ1v) is 13.3. The summed E-state index contributed by atoms with van der Waals surface area (Å²) in [6.45, 7) is 0. The maximum atomic E-state index is 15.0. The van der Waals surface area contributed by atoms with Crippen LogP contribution in [0, 0.1) is 0 Å². The molecule has 0 atom stereocenters. The lowest BCUT2D eigenvalue weighted by atomic mass is 10.0. The Morgan fingerprint density at radius 1 is 0.308 bits per heavy atom. The van der Waals surface area contributed by atoms with Crippen molar-refractivity contribution in [1.82, 2.24) is 19.9 Å². The summed E-state index contributed by atoms with van der Waals surface area (Å²) in [5, 5.41) is 0. The summed E-state index contributed by atoms with van der Waals surface area (Å²) in [5.41, 5.74) is -24.3. The van der Waals surface area contributed by atoms with Crippen molar-refractivity contribution in [1.29, 1.82) is 0 Å². The van der Waals surface area contributed by atoms with Gasteiger partial charge in [0.15, 0.2) is 0 Å². The number of aromatic amines is 2. The zero-order valence-corrected chi connectivity index (χ0v) is 24.1. The van der Waals surface area contributed by atoms with Crippen LogP contribution >= 0.6 is 0 Å². The topological polar surface area (TPSA) is 57.4 Å². The monoisotopic (exact) mass is 782 g/mol. The molecule has 0 spiro atoms. The van der Waals surface area contributed by atoms with Gasteiger partial charge in [-0.25, -0.2) is 9.97 Å². The fourth-order valence-electron chi connectivity index (χ4n) is 5.09. The van der Waals surface area contributed by atoms with Gasteiger partial charge in [0.2, 0.25) is 0 Å². The van der Waals surface area contributed by atoms with E-state index < -0.39 is 115 Å². The van der Waals surface area contributed by atoms with Crippen LogP contribution in [0.25, 0.3) is 46.4 Å². The van der Waals surface area contributed by atoms with Crippen LogP contribution in [0.2, 0.25) is 0 Å². The number of nitrogens with one attached hydrogen (secondary N) is 2. The smallest absolute Gasteiger partial charge is 0.355 e. The minimum atomic E-state index is -6.70. The molecule has 3 aromatic rings. The Morgan fingerprint density at radius 2 is 0.519 bits per heavy atom. The Morgan fingerprint density at radius 3 is 0.788 bits per heavy atom. The first kappa shape index (κ1) is 38.4. The van der Waals surface area contributed by atoms with Crippen LogP contribution in [0.1, 0.15) is 45.0 Å². The maximum Gasteiger partial charge on any atom is 0.458 e. The Hall–Kier alpha value is -4.80. The lowest BCUT2D eigenvalue weighted by molar-refractivity contribution is -0.289. The van der Waals surface area contributed by atoms with Gasteiger partial charge in [-0.2, -0.15) is 87.8 Å². The Labute approximate surface area is 272 Å². The van der Waals surface area contributed by atoms with E-state index in [4.69, 9.17) is 0 Å². The molecule has 8 bridgehead atoms. The highest BCUT2D eigenvalue weighted by molar-refractivity contribution is 5.84. The van der Waals surface area contributed by atoms with E-state index in [0.29, 0.717) is 0 Å². The second-order valence-corrected chi connectivity index (χ2v) is 10.8. The zero-order valence-electron chi connectivity index (χ0n) is 24.1. The number of nitrogens with zero attached hydrogens (tertiary/aromatic N) is 2. The van der Waals surface area contributed by atoms with Crippen molar-refractivity contribution in [2.24, 2.45) is 0 Å². The van der Waals surface area contributed by atoms with Gasteiger partial charge < -0.3 is 9.97 Å². The molecule has 24 heteroatoms. The second kappa shape index (κ2) is 11.3. The number of hydrogen-bond acceptors (Lipinski definition) is 2. The van der Waals surface area contributed by atoms with E-state index in [1.807, 2.05) is 0 Å². The molecular weight excluding hydrogens is 772 g/mol. The molecule has 4 nitrogen and oxygen atoms in total. The summed E-state index contributed by atoms with van der Waals surface area (Å²) in [7, 11) is 0. The predicted octanol–water partition coefficient (Wildman–Crippen LogP) is 11.3. The molecule has 2 aliphatic heterocycles. The van der Waals surface area contributed by atoms with E-state index >= 15 is 35.1 Å². The van der Waals surface area contributed by atoms with Gasteiger partial charge in [-0.05, 0) is 48.6 Å². The lowest BCUT2D eigenvalue weighted by Gasteiger charge is -2.22. The highest BCUT2D eigenvalue weighted by atomic mass is 19.4. The van der Waals surface area contributed by atoms with Crippen molar-refractivity contribution in [3.05, 3.63) is 69.3 Å². The molecule has 0 saturated carbocycles. The summed E-state index contributed by atoms with van der Waals surface area (Å²) in [6, 6.07) is 0.0757. The number of alkyl halides is 20. The number of fused-ring (bicyclic) bond motifs is 8. The Bertz CT molecular complexity index is 2030. The highest BCUT2D eigenvalue weighted by Crippen LogP contribution is 2.52. The zero-order chi connectivity index (χ0) is 39.4. The Kier molecular flexibility index (Phi) is 8.39. The molecule has 5 rings (SSSR count). The first-order valence-electron chi connectivity index (χ1n) is 13.3. The standard InChI is InChI=1S/C28H10F20N4/c29-21(30,25(37,38)39)17-9-1-2-10(49-9)18(22(31,32)26(40,41)42)12-5-6-14(51-12)20(24(35,36)28(46,47)48)16-8-7-15(52-16)19(13-4-3-11(17)50-13)23(33,34)27(43,44)45/h1-8,49-50H. The van der Waals surface area contributed by atoms with E-state index in [-0.39, 0.29) is 48.6 Å². The quantitative estimate of drug-likeness (QED) is 0.178. The van der Waals surface area contributed by atoms with Gasteiger partial charge in [0, 0.05) is 0 Å². The van der Waals surface area contributed by atoms with Crippen molar-refractivity contribution in [3.8, 4) is 0 Å². The molecule has 5 heterocycles. The van der Waals surface area contributed by atoms with Crippen LogP contribution in [0.15, 0.2) is 24.3 Å². The van der Waals surface area contributed by atoms with Crippen molar-refractivity contribution in [2.75, 3.05) is 0 Å². The van der Waals surface area contributed by atoms with Crippen LogP contribution in [0.3, 0.4) is 0 Å². The third kappa shape index (κ3) is 5.82. The fraction of sp³-hybridized carbons (Fsp3) is 0.286. The normalized spacial score (nSPS) is 15.2. The minimum absolute atomic E-state index is 0.0159. The van der Waals surface area contributed by atoms with Crippen molar-refractivity contribution in [3.63, 3.8) is 0 Å². The maximum absolute atomic E-state index is 15.0. The predicted molar refractivity (Wildman–Crippen MR) is 139 cm³/mol. The molecule has 52 heavy (non-hydrogen) atoms. The van der Waals surface area contributed by atoms with Gasteiger partial charge in [-0.3, -0.25) is 0 Å². The van der Waals surface area contributed by atoms with Crippen molar-refractivity contribution in [2.45, 2.75) is 48.4 Å². The molecule has 0 amide bonds. The third-order valence-electron chi connectivity index (χ3n) is 7.43. The minimum Gasteiger partial charge on any atom is -0.355 e. The Balaban J connectivity index is 2.17. The molecule has 0 fully saturated rings. The molecule has 0 saturated heterocycles. The SMILES string of the molecule is FC(F)(F)C(F)(F)c1c2nc(c(C(F)(F)C(F)(F)F)c3ccc([nH]3)c(C(F)(F)C(F)(F)F)c3ccc([nH]3)c(C(F)(F)C(F)(F)F)c3nc1C=C3)C=C2. The van der Waals surface area contributed by atoms with Gasteiger partial charge in [0.1, 0.15) is 0 Å². The molecule has 2 N–H and O–H groups in total. The summed E-state index contributed by atoms with van der Waals surface area (Å²) in [4.78, 5) is 8.78. The molecule has 3 aromatic heterocycles. The number of H-pyrrole nitrogens is 2. The van der Waals surface area contributed by atoms with Crippen LogP contribution < -0.4 is 0 Å². The highest BCUT2D eigenvalue weighted by Gasteiger charge is 2.64. The van der Waals surface area contributed by atoms with E-state index in [0.717, 1.165) is 0 Å². The van der Waals surface area contributed by atoms with Crippen LogP contribution in [-0.2, 0) is 23.7 Å². The molecule has 282 valence electrons. The molecule has 0 unspecified atom stereocenters. The average Bonchev–Trinajstić information content (AvgIpc) is 3.76. The summed E-state index contributed by atoms with van der Waals surface area (Å²) in [6.07, 6.45) is -26.9. The van der Waals surface area contributed by atoms with E-state index in [2.05, 4.69) is 9.97 Å². The summed E-state index contributed by atoms with van der Waals surface area (Å²) < 4.78 is 284. The number of halogens is 20. The second-order valence-electron chi connectivity index (χ2n) is 10.8. The van der Waals surface area contributed by atoms with E-state index in [1.165, 1.54) is 9.97 Å². The van der Waals surface area contributed by atoms with Gasteiger partial charge in [0.05, 0.1) is 67.1 Å². The molecule has 0 radical (unpaired) electrons. The van der Waals surface area contributed by atoms with Gasteiger partial charge in [-0.1, -0.05) is 0 Å². The fourth-order valence-corrected chi connectivity index (χ4v) is 5.09. The van der Waals surface area contributed by atoms with Crippen molar-refractivity contribution < 1.29 is 87.8 Å². The van der Waals surface area contributed by atoms with Crippen LogP contribution in [0.5, 0.6) is 0 Å². The lowest BCUT2D eigenvalue weighted by Crippen LogP contribution is -2.35. The van der Waals surface area contributed by atoms with Gasteiger partial charge >= 0.3 is 48.4 Å². The molecule has 0 aliphatic carbocycles. The van der Waals surface area contributed by atoms with E-state index in [1.54, 1.807) is 0 Å². The van der Waals surface area contributed by atoms with Gasteiger partial charge in [-0.15, -0.1) is 0 Å². The van der Waals surface area contributed by atoms with Crippen LogP contribution in [0.4, 0.5) is 87.8 Å². The third-order valence-corrected chi connectivity index (χ3v) is 7.43. The molecular formula is C28H10F20N4. The molecule has 0 aromatic carbocycles. The summed E-state index contributed by atoms with van der Waals surface area (Å²) in [5.74, 6) is -24.9. The van der Waals surface area contributed by atoms with Gasteiger partial charge in [0.25, 0.3) is 0 Å². The number of aromatic nitrogens is 4. The first-order chi connectivity index (χ1) is 23.4. The molecule has 2 aliphatic rings. The summed E-state index contributed by atoms with van der Waals surface area (Å²) >= 11 is 0. The largest absolute Gasteiger partial charge is 0.458 e. The number of rotatable bonds is 4. The van der Waals surface area contributed by atoms with Crippen molar-refractivity contribution >= 4 is 46.4 Å². The van der Waals surface area contributed by atoms with E-state index in [9.17, 15) is 52.7 Å².